The van der Waals surface area contributed by atoms with Gasteiger partial charge >= 0.3 is 6.09 Å². The number of aryl methyl sites for hydroxylation is 1. The summed E-state index contributed by atoms with van der Waals surface area (Å²) in [7, 11) is 0. The monoisotopic (exact) mass is 469 g/mol. The van der Waals surface area contributed by atoms with E-state index >= 15 is 0 Å². The first kappa shape index (κ1) is 22.4. The maximum absolute atomic E-state index is 12.7. The molecule has 182 valence electrons. The first-order chi connectivity index (χ1) is 16.8. The number of nitrogens with zero attached hydrogens (tertiary/aromatic N) is 2. The van der Waals surface area contributed by atoms with Crippen LogP contribution in [0.1, 0.15) is 93.3 Å². The first-order valence-corrected chi connectivity index (χ1v) is 13.1. The van der Waals surface area contributed by atoms with Gasteiger partial charge in [-0.15, -0.1) is 0 Å². The average Bonchev–Trinajstić information content (AvgIpc) is 3.62. The lowest BCUT2D eigenvalue weighted by atomic mass is 9.83. The minimum Gasteiger partial charge on any atom is -0.444 e. The quantitative estimate of drug-likeness (QED) is 0.432. The van der Waals surface area contributed by atoms with Crippen LogP contribution in [-0.2, 0) is 4.74 Å². The van der Waals surface area contributed by atoms with Crippen molar-refractivity contribution in [2.75, 3.05) is 6.54 Å². The second kappa shape index (κ2) is 8.25. The van der Waals surface area contributed by atoms with Gasteiger partial charge < -0.3 is 9.72 Å². The van der Waals surface area contributed by atoms with Crippen LogP contribution in [0, 0.1) is 6.92 Å². The van der Waals surface area contributed by atoms with E-state index in [1.807, 2.05) is 31.9 Å². The molecule has 5 nitrogen and oxygen atoms in total. The van der Waals surface area contributed by atoms with Gasteiger partial charge in [-0.2, -0.15) is 0 Å². The van der Waals surface area contributed by atoms with Gasteiger partial charge in [-0.3, -0.25) is 4.90 Å². The van der Waals surface area contributed by atoms with Crippen LogP contribution in [0.4, 0.5) is 4.79 Å². The molecule has 6 rings (SSSR count). The van der Waals surface area contributed by atoms with Gasteiger partial charge in [-0.1, -0.05) is 36.4 Å². The minimum atomic E-state index is -0.503. The molecule has 5 heteroatoms. The van der Waals surface area contributed by atoms with Gasteiger partial charge in [-0.25, -0.2) is 9.78 Å². The number of nitrogens with one attached hydrogen (secondary N) is 1. The molecule has 3 aromatic rings. The number of imidazole rings is 1. The van der Waals surface area contributed by atoms with Gasteiger partial charge in [0.1, 0.15) is 11.4 Å². The standard InChI is InChI=1S/C30H35N3O2/c1-18-7-14-23(27-22-13-12-21(16-22)26(18)27)19-8-10-20(11-9-19)24-17-31-28(32-24)25-6-5-15-33(25)29(34)35-30(2,3)4/h7-11,14,17,21-22,25H,5-6,12-13,15-16H2,1-4H3,(H,31,32). The van der Waals surface area contributed by atoms with E-state index in [0.717, 1.165) is 41.8 Å². The first-order valence-electron chi connectivity index (χ1n) is 13.1. The molecule has 2 aromatic carbocycles. The summed E-state index contributed by atoms with van der Waals surface area (Å²) in [6.45, 7) is 8.68. The predicted octanol–water partition coefficient (Wildman–Crippen LogP) is 7.49. The van der Waals surface area contributed by atoms with E-state index in [4.69, 9.17) is 4.74 Å². The van der Waals surface area contributed by atoms with Crippen LogP contribution in [0.5, 0.6) is 0 Å². The molecule has 2 heterocycles. The molecule has 1 N–H and O–H groups in total. The van der Waals surface area contributed by atoms with Gasteiger partial charge in [0, 0.05) is 6.54 Å². The topological polar surface area (TPSA) is 58.2 Å². The van der Waals surface area contributed by atoms with E-state index in [1.165, 1.54) is 36.0 Å². The smallest absolute Gasteiger partial charge is 0.410 e. The van der Waals surface area contributed by atoms with Crippen molar-refractivity contribution < 1.29 is 9.53 Å². The van der Waals surface area contributed by atoms with Crippen LogP contribution in [0.2, 0.25) is 0 Å². The number of hydrogen-bond acceptors (Lipinski definition) is 3. The molecule has 35 heavy (non-hydrogen) atoms. The Morgan fingerprint density at radius 3 is 2.46 bits per heavy atom. The number of rotatable bonds is 3. The molecule has 2 bridgehead atoms. The molecule has 1 aliphatic heterocycles. The lowest BCUT2D eigenvalue weighted by molar-refractivity contribution is 0.0218. The van der Waals surface area contributed by atoms with Crippen molar-refractivity contribution in [2.24, 2.45) is 0 Å². The van der Waals surface area contributed by atoms with E-state index in [9.17, 15) is 4.79 Å². The molecule has 1 amide bonds. The number of ether oxygens (including phenoxy) is 1. The van der Waals surface area contributed by atoms with Crippen molar-refractivity contribution >= 4 is 6.09 Å². The van der Waals surface area contributed by atoms with Gasteiger partial charge in [0.05, 0.1) is 17.9 Å². The zero-order valence-electron chi connectivity index (χ0n) is 21.2. The summed E-state index contributed by atoms with van der Waals surface area (Å²) < 4.78 is 5.62. The number of aromatic amines is 1. The lowest BCUT2D eigenvalue weighted by Crippen LogP contribution is -2.36. The Morgan fingerprint density at radius 2 is 1.71 bits per heavy atom. The third-order valence-electron chi connectivity index (χ3n) is 8.05. The van der Waals surface area contributed by atoms with Crippen LogP contribution < -0.4 is 0 Å². The largest absolute Gasteiger partial charge is 0.444 e. The van der Waals surface area contributed by atoms with Crippen molar-refractivity contribution in [1.29, 1.82) is 0 Å². The number of carbonyl (C=O) groups excluding carboxylic acids is 1. The van der Waals surface area contributed by atoms with E-state index in [1.54, 1.807) is 11.1 Å². The zero-order chi connectivity index (χ0) is 24.3. The molecule has 3 atom stereocenters. The summed E-state index contributed by atoms with van der Waals surface area (Å²) >= 11 is 0. The van der Waals surface area contributed by atoms with E-state index in [0.29, 0.717) is 6.54 Å². The highest BCUT2D eigenvalue weighted by Gasteiger charge is 2.39. The average molecular weight is 470 g/mol. The summed E-state index contributed by atoms with van der Waals surface area (Å²) in [5, 5.41) is 0. The molecule has 0 radical (unpaired) electrons. The summed E-state index contributed by atoms with van der Waals surface area (Å²) in [6.07, 6.45) is 7.51. The van der Waals surface area contributed by atoms with Crippen molar-refractivity contribution in [2.45, 2.75) is 83.3 Å². The minimum absolute atomic E-state index is 0.0663. The van der Waals surface area contributed by atoms with Crippen LogP contribution >= 0.6 is 0 Å². The Bertz CT molecular complexity index is 1270. The normalized spacial score (nSPS) is 23.1. The Hall–Kier alpha value is -3.08. The highest BCUT2D eigenvalue weighted by molar-refractivity contribution is 5.75. The summed E-state index contributed by atoms with van der Waals surface area (Å²) in [4.78, 5) is 22.7. The molecule has 1 saturated heterocycles. The predicted molar refractivity (Wildman–Crippen MR) is 138 cm³/mol. The Balaban J connectivity index is 1.24. The number of aromatic nitrogens is 2. The van der Waals surface area contributed by atoms with Crippen molar-refractivity contribution in [3.8, 4) is 22.4 Å². The van der Waals surface area contributed by atoms with Crippen LogP contribution in [0.3, 0.4) is 0 Å². The zero-order valence-corrected chi connectivity index (χ0v) is 21.2. The summed E-state index contributed by atoms with van der Waals surface area (Å²) in [5.41, 5.74) is 9.00. The fourth-order valence-electron chi connectivity index (χ4n) is 6.56. The summed E-state index contributed by atoms with van der Waals surface area (Å²) in [6, 6.07) is 13.4. The number of carbonyl (C=O) groups is 1. The Labute approximate surface area is 207 Å². The molecular weight excluding hydrogens is 434 g/mol. The Kier molecular flexibility index (Phi) is 5.28. The van der Waals surface area contributed by atoms with Crippen molar-refractivity contribution in [1.82, 2.24) is 14.9 Å². The second-order valence-electron chi connectivity index (χ2n) is 11.6. The molecule has 1 saturated carbocycles. The van der Waals surface area contributed by atoms with Gasteiger partial charge in [0.2, 0.25) is 0 Å². The number of benzene rings is 2. The van der Waals surface area contributed by atoms with Crippen LogP contribution in [0.25, 0.3) is 22.4 Å². The van der Waals surface area contributed by atoms with Gasteiger partial charge in [0.15, 0.2) is 0 Å². The molecule has 2 fully saturated rings. The van der Waals surface area contributed by atoms with E-state index in [2.05, 4.69) is 53.3 Å². The summed E-state index contributed by atoms with van der Waals surface area (Å²) in [5.74, 6) is 2.34. The number of amides is 1. The maximum Gasteiger partial charge on any atom is 0.410 e. The number of H-pyrrole nitrogens is 1. The van der Waals surface area contributed by atoms with Gasteiger partial charge in [0.25, 0.3) is 0 Å². The highest BCUT2D eigenvalue weighted by atomic mass is 16.6. The van der Waals surface area contributed by atoms with E-state index < -0.39 is 5.60 Å². The SMILES string of the molecule is Cc1ccc(-c2ccc(-c3cnc(C4CCCN4C(=O)OC(C)(C)C)[nH]3)cc2)c2c1C1CCC2C1. The molecule has 1 aromatic heterocycles. The molecule has 2 aliphatic carbocycles. The maximum atomic E-state index is 12.7. The number of fused-ring (bicyclic) bond motifs is 5. The fraction of sp³-hybridized carbons (Fsp3) is 0.467. The molecule has 3 aliphatic rings. The number of likely N-dealkylation sites (tertiary alicyclic amines) is 1. The van der Waals surface area contributed by atoms with E-state index in [-0.39, 0.29) is 12.1 Å². The highest BCUT2D eigenvalue weighted by Crippen LogP contribution is 2.56. The second-order valence-corrected chi connectivity index (χ2v) is 11.6. The Morgan fingerprint density at radius 1 is 1.00 bits per heavy atom. The van der Waals surface area contributed by atoms with Gasteiger partial charge in [-0.05, 0) is 105 Å². The molecule has 3 unspecified atom stereocenters. The third kappa shape index (κ3) is 3.95. The molecule has 0 spiro atoms. The molecular formula is C30H35N3O2. The van der Waals surface area contributed by atoms with Crippen molar-refractivity contribution in [3.63, 3.8) is 0 Å². The third-order valence-corrected chi connectivity index (χ3v) is 8.05. The van der Waals surface area contributed by atoms with Crippen LogP contribution in [-0.4, -0.2) is 33.1 Å². The number of hydrogen-bond donors (Lipinski definition) is 1. The van der Waals surface area contributed by atoms with Crippen molar-refractivity contribution in [3.05, 3.63) is 65.1 Å². The van der Waals surface area contributed by atoms with Crippen LogP contribution in [0.15, 0.2) is 42.6 Å². The fourth-order valence-corrected chi connectivity index (χ4v) is 6.56. The lowest BCUT2D eigenvalue weighted by Gasteiger charge is -2.27.